The lowest BCUT2D eigenvalue weighted by atomic mass is 10.1. The normalized spacial score (nSPS) is 11.6. The van der Waals surface area contributed by atoms with Crippen molar-refractivity contribution in [1.29, 1.82) is 0 Å². The van der Waals surface area contributed by atoms with E-state index in [9.17, 15) is 18.0 Å². The molecule has 1 amide bonds. The van der Waals surface area contributed by atoms with Crippen LogP contribution in [-0.4, -0.2) is 15.3 Å². The number of fused-ring (bicyclic) bond motifs is 1. The van der Waals surface area contributed by atoms with Gasteiger partial charge in [-0.15, -0.1) is 0 Å². The summed E-state index contributed by atoms with van der Waals surface area (Å²) >= 11 is 0. The van der Waals surface area contributed by atoms with Crippen molar-refractivity contribution >= 4 is 17.2 Å². The van der Waals surface area contributed by atoms with Crippen molar-refractivity contribution in [1.82, 2.24) is 9.38 Å². The molecule has 0 atom stereocenters. The molecule has 0 aliphatic heterocycles. The molecule has 4 aromatic rings. The van der Waals surface area contributed by atoms with Gasteiger partial charge >= 0.3 is 6.18 Å². The molecule has 152 valence electrons. The number of nitrogens with zero attached hydrogens (tertiary/aromatic N) is 2. The highest BCUT2D eigenvalue weighted by atomic mass is 19.4. The Labute approximate surface area is 171 Å². The highest BCUT2D eigenvalue weighted by Gasteiger charge is 2.34. The van der Waals surface area contributed by atoms with E-state index in [1.807, 2.05) is 44.2 Å². The summed E-state index contributed by atoms with van der Waals surface area (Å²) in [5, 5.41) is 2.43. The highest BCUT2D eigenvalue weighted by molar-refractivity contribution is 6.08. The molecule has 4 rings (SSSR count). The smallest absolute Gasteiger partial charge is 0.320 e. The number of anilines is 1. The second-order valence-electron chi connectivity index (χ2n) is 7.11. The molecule has 0 unspecified atom stereocenters. The number of alkyl halides is 3. The van der Waals surface area contributed by atoms with Gasteiger partial charge in [-0.05, 0) is 37.6 Å². The van der Waals surface area contributed by atoms with Crippen molar-refractivity contribution < 1.29 is 18.0 Å². The zero-order chi connectivity index (χ0) is 21.5. The average Bonchev–Trinajstić information content (AvgIpc) is 3.06. The van der Waals surface area contributed by atoms with E-state index < -0.39 is 17.6 Å². The first-order valence-corrected chi connectivity index (χ1v) is 9.27. The Morgan fingerprint density at radius 2 is 1.60 bits per heavy atom. The zero-order valence-corrected chi connectivity index (χ0v) is 16.3. The van der Waals surface area contributed by atoms with Crippen LogP contribution in [0.5, 0.6) is 0 Å². The van der Waals surface area contributed by atoms with Gasteiger partial charge in [0.05, 0.1) is 11.3 Å². The molecule has 0 radical (unpaired) electrons. The van der Waals surface area contributed by atoms with Gasteiger partial charge in [0.2, 0.25) is 0 Å². The van der Waals surface area contributed by atoms with Crippen LogP contribution in [0.4, 0.5) is 18.9 Å². The first kappa shape index (κ1) is 19.7. The predicted octanol–water partition coefficient (Wildman–Crippen LogP) is 5.89. The number of halogens is 3. The van der Waals surface area contributed by atoms with E-state index in [0.717, 1.165) is 17.2 Å². The van der Waals surface area contributed by atoms with Crippen molar-refractivity contribution in [2.24, 2.45) is 0 Å². The summed E-state index contributed by atoms with van der Waals surface area (Å²) < 4.78 is 41.7. The summed E-state index contributed by atoms with van der Waals surface area (Å²) in [6.07, 6.45) is -2.84. The third kappa shape index (κ3) is 3.66. The number of carbonyl (C=O) groups is 1. The molecule has 0 saturated carbocycles. The maximum Gasteiger partial charge on any atom is 0.418 e. The van der Waals surface area contributed by atoms with Gasteiger partial charge < -0.3 is 5.32 Å². The molecular formula is C23H18F3N3O. The molecule has 30 heavy (non-hydrogen) atoms. The fourth-order valence-electron chi connectivity index (χ4n) is 3.30. The number of amides is 1. The molecule has 7 heteroatoms. The summed E-state index contributed by atoms with van der Waals surface area (Å²) in [6, 6.07) is 16.0. The number of imidazole rings is 1. The van der Waals surface area contributed by atoms with E-state index in [0.29, 0.717) is 16.9 Å². The number of rotatable bonds is 3. The third-order valence-corrected chi connectivity index (χ3v) is 4.79. The summed E-state index contributed by atoms with van der Waals surface area (Å²) in [6.45, 7) is 3.81. The minimum Gasteiger partial charge on any atom is -0.320 e. The highest BCUT2D eigenvalue weighted by Crippen LogP contribution is 2.35. The lowest BCUT2D eigenvalue weighted by Gasteiger charge is -2.14. The predicted molar refractivity (Wildman–Crippen MR) is 109 cm³/mol. The molecule has 0 saturated heterocycles. The van der Waals surface area contributed by atoms with Crippen molar-refractivity contribution in [2.45, 2.75) is 20.0 Å². The van der Waals surface area contributed by atoms with Crippen molar-refractivity contribution in [3.05, 3.63) is 89.2 Å². The molecule has 0 bridgehead atoms. The van der Waals surface area contributed by atoms with Crippen LogP contribution < -0.4 is 5.32 Å². The maximum atomic E-state index is 13.4. The first-order chi connectivity index (χ1) is 14.2. The third-order valence-electron chi connectivity index (χ3n) is 4.79. The van der Waals surface area contributed by atoms with Crippen LogP contribution in [-0.2, 0) is 6.18 Å². The van der Waals surface area contributed by atoms with E-state index in [-0.39, 0.29) is 11.4 Å². The fourth-order valence-corrected chi connectivity index (χ4v) is 3.30. The van der Waals surface area contributed by atoms with Crippen molar-refractivity contribution in [2.75, 3.05) is 5.32 Å². The van der Waals surface area contributed by atoms with E-state index >= 15 is 0 Å². The number of aromatic nitrogens is 2. The summed E-state index contributed by atoms with van der Waals surface area (Å²) in [5.74, 6) is -0.666. The van der Waals surface area contributed by atoms with Crippen LogP contribution in [0.2, 0.25) is 0 Å². The Morgan fingerprint density at radius 1 is 0.933 bits per heavy atom. The van der Waals surface area contributed by atoms with Crippen LogP contribution in [0.1, 0.15) is 27.2 Å². The molecule has 2 aromatic heterocycles. The molecule has 4 nitrogen and oxygen atoms in total. The quantitative estimate of drug-likeness (QED) is 0.459. The van der Waals surface area contributed by atoms with Gasteiger partial charge in [-0.1, -0.05) is 48.0 Å². The molecule has 0 fully saturated rings. The van der Waals surface area contributed by atoms with Gasteiger partial charge in [-0.25, -0.2) is 4.98 Å². The van der Waals surface area contributed by atoms with Crippen LogP contribution in [0, 0.1) is 13.8 Å². The molecular weight excluding hydrogens is 391 g/mol. The average molecular weight is 409 g/mol. The number of nitrogens with one attached hydrogen (secondary N) is 1. The lowest BCUT2D eigenvalue weighted by molar-refractivity contribution is -0.136. The van der Waals surface area contributed by atoms with Crippen LogP contribution in [0.15, 0.2) is 66.9 Å². The number of pyridine rings is 1. The topological polar surface area (TPSA) is 46.4 Å². The van der Waals surface area contributed by atoms with Gasteiger partial charge in [0.15, 0.2) is 0 Å². The summed E-state index contributed by atoms with van der Waals surface area (Å²) in [5.41, 5.74) is 2.55. The number of benzene rings is 2. The van der Waals surface area contributed by atoms with E-state index in [1.165, 1.54) is 18.2 Å². The molecule has 2 heterocycles. The maximum absolute atomic E-state index is 13.4. The largest absolute Gasteiger partial charge is 0.418 e. The minimum absolute atomic E-state index is 0.175. The standard InChI is InChI=1S/C23H18F3N3O/c1-14-7-10-16(11-8-14)20-21(29-13-15(2)9-12-19(29)28-20)22(30)27-18-6-4-3-5-17(18)23(24,25)26/h3-13H,1-2H3,(H,27,30). The number of hydrogen-bond acceptors (Lipinski definition) is 2. The molecule has 0 aliphatic carbocycles. The lowest BCUT2D eigenvalue weighted by Crippen LogP contribution is -2.19. The molecule has 1 N–H and O–H groups in total. The second kappa shape index (κ2) is 7.33. The zero-order valence-electron chi connectivity index (χ0n) is 16.3. The summed E-state index contributed by atoms with van der Waals surface area (Å²) in [7, 11) is 0. The second-order valence-corrected chi connectivity index (χ2v) is 7.11. The Kier molecular flexibility index (Phi) is 4.81. The van der Waals surface area contributed by atoms with E-state index in [1.54, 1.807) is 16.7 Å². The van der Waals surface area contributed by atoms with E-state index in [2.05, 4.69) is 10.3 Å². The van der Waals surface area contributed by atoms with Crippen LogP contribution in [0.25, 0.3) is 16.9 Å². The van der Waals surface area contributed by atoms with Gasteiger partial charge in [0.25, 0.3) is 5.91 Å². The fraction of sp³-hybridized carbons (Fsp3) is 0.130. The first-order valence-electron chi connectivity index (χ1n) is 9.27. The minimum atomic E-state index is -4.58. The van der Waals surface area contributed by atoms with Crippen LogP contribution in [0.3, 0.4) is 0 Å². The Morgan fingerprint density at radius 3 is 2.30 bits per heavy atom. The Bertz CT molecular complexity index is 1240. The molecule has 2 aromatic carbocycles. The van der Waals surface area contributed by atoms with Gasteiger partial charge in [-0.3, -0.25) is 9.20 Å². The van der Waals surface area contributed by atoms with Crippen LogP contribution >= 0.6 is 0 Å². The van der Waals surface area contributed by atoms with Gasteiger partial charge in [-0.2, -0.15) is 13.2 Å². The number of aryl methyl sites for hydroxylation is 2. The molecule has 0 spiro atoms. The Hall–Kier alpha value is -3.61. The van der Waals surface area contributed by atoms with Crippen molar-refractivity contribution in [3.8, 4) is 11.3 Å². The van der Waals surface area contributed by atoms with Gasteiger partial charge in [0.1, 0.15) is 17.0 Å². The van der Waals surface area contributed by atoms with Crippen molar-refractivity contribution in [3.63, 3.8) is 0 Å². The monoisotopic (exact) mass is 409 g/mol. The van der Waals surface area contributed by atoms with E-state index in [4.69, 9.17) is 0 Å². The molecule has 0 aliphatic rings. The number of para-hydroxylation sites is 1. The SMILES string of the molecule is Cc1ccc(-c2nc3ccc(C)cn3c2C(=O)Nc2ccccc2C(F)(F)F)cc1. The Balaban J connectivity index is 1.86. The number of hydrogen-bond donors (Lipinski definition) is 1. The van der Waals surface area contributed by atoms with Gasteiger partial charge in [0, 0.05) is 11.8 Å². The number of carbonyl (C=O) groups excluding carboxylic acids is 1. The summed E-state index contributed by atoms with van der Waals surface area (Å²) in [4.78, 5) is 17.8.